The Labute approximate surface area is 99.9 Å². The van der Waals surface area contributed by atoms with Crippen LogP contribution >= 0.6 is 0 Å². The molecule has 2 atom stereocenters. The molecule has 96 valence electrons. The number of sulfone groups is 1. The van der Waals surface area contributed by atoms with Crippen LogP contribution in [0, 0.1) is 11.3 Å². The molecule has 0 saturated carbocycles. The van der Waals surface area contributed by atoms with Crippen molar-refractivity contribution < 1.29 is 8.42 Å². The van der Waals surface area contributed by atoms with E-state index in [0.717, 1.165) is 19.4 Å². The quantitative estimate of drug-likeness (QED) is 0.824. The largest absolute Gasteiger partial charge is 0.314 e. The van der Waals surface area contributed by atoms with Crippen molar-refractivity contribution in [3.8, 4) is 0 Å². The van der Waals surface area contributed by atoms with E-state index in [1.165, 1.54) is 0 Å². The normalized spacial score (nSPS) is 26.9. The van der Waals surface area contributed by atoms with Crippen LogP contribution in [0.5, 0.6) is 0 Å². The number of hydrogen-bond acceptors (Lipinski definition) is 3. The molecule has 0 bridgehead atoms. The molecule has 1 aliphatic heterocycles. The summed E-state index contributed by atoms with van der Waals surface area (Å²) < 4.78 is 22.8. The van der Waals surface area contributed by atoms with Gasteiger partial charge in [0.05, 0.1) is 11.5 Å². The molecule has 2 unspecified atom stereocenters. The average molecular weight is 247 g/mol. The standard InChI is InChI=1S/C12H25NO2S/c1-5-13-11(12(2,3)4)8-10-6-7-16(14,15)9-10/h10-11,13H,5-9H2,1-4H3. The van der Waals surface area contributed by atoms with Gasteiger partial charge in [0.1, 0.15) is 0 Å². The summed E-state index contributed by atoms with van der Waals surface area (Å²) in [5, 5.41) is 3.48. The second-order valence-corrected chi connectivity index (χ2v) is 8.21. The summed E-state index contributed by atoms with van der Waals surface area (Å²) in [6.45, 7) is 9.68. The third-order valence-corrected chi connectivity index (χ3v) is 5.23. The predicted octanol–water partition coefficient (Wildman–Crippen LogP) is 1.84. The van der Waals surface area contributed by atoms with Crippen molar-refractivity contribution in [3.05, 3.63) is 0 Å². The maximum Gasteiger partial charge on any atom is 0.150 e. The minimum atomic E-state index is -2.73. The molecule has 1 N–H and O–H groups in total. The second-order valence-electron chi connectivity index (χ2n) is 5.98. The smallest absolute Gasteiger partial charge is 0.150 e. The Morgan fingerprint density at radius 2 is 2.00 bits per heavy atom. The molecule has 1 saturated heterocycles. The molecule has 0 spiro atoms. The fourth-order valence-corrected chi connectivity index (χ4v) is 4.26. The van der Waals surface area contributed by atoms with Crippen molar-refractivity contribution in [3.63, 3.8) is 0 Å². The molecule has 16 heavy (non-hydrogen) atoms. The third-order valence-electron chi connectivity index (χ3n) is 3.39. The summed E-state index contributed by atoms with van der Waals surface area (Å²) in [4.78, 5) is 0. The van der Waals surface area contributed by atoms with E-state index in [4.69, 9.17) is 0 Å². The van der Waals surface area contributed by atoms with Crippen molar-refractivity contribution in [2.24, 2.45) is 11.3 Å². The summed E-state index contributed by atoms with van der Waals surface area (Å²) >= 11 is 0. The SMILES string of the molecule is CCNC(CC1CCS(=O)(=O)C1)C(C)(C)C. The van der Waals surface area contributed by atoms with Crippen LogP contribution < -0.4 is 5.32 Å². The maximum absolute atomic E-state index is 11.4. The molecule has 0 aromatic carbocycles. The highest BCUT2D eigenvalue weighted by Crippen LogP contribution is 2.29. The Hall–Kier alpha value is -0.0900. The highest BCUT2D eigenvalue weighted by Gasteiger charge is 2.33. The summed E-state index contributed by atoms with van der Waals surface area (Å²) in [6, 6.07) is 0.413. The zero-order valence-corrected chi connectivity index (χ0v) is 11.7. The zero-order chi connectivity index (χ0) is 12.4. The number of hydrogen-bond donors (Lipinski definition) is 1. The van der Waals surface area contributed by atoms with Gasteiger partial charge in [-0.05, 0) is 30.7 Å². The van der Waals surface area contributed by atoms with Gasteiger partial charge in [-0.3, -0.25) is 0 Å². The number of nitrogens with one attached hydrogen (secondary N) is 1. The van der Waals surface area contributed by atoms with Crippen molar-refractivity contribution in [1.29, 1.82) is 0 Å². The van der Waals surface area contributed by atoms with Gasteiger partial charge >= 0.3 is 0 Å². The van der Waals surface area contributed by atoms with E-state index in [9.17, 15) is 8.42 Å². The molecule has 3 nitrogen and oxygen atoms in total. The molecule has 0 aromatic heterocycles. The van der Waals surface area contributed by atoms with Gasteiger partial charge in [-0.1, -0.05) is 27.7 Å². The van der Waals surface area contributed by atoms with Crippen molar-refractivity contribution in [2.45, 2.75) is 46.6 Å². The van der Waals surface area contributed by atoms with Crippen LogP contribution in [0.1, 0.15) is 40.5 Å². The van der Waals surface area contributed by atoms with Gasteiger partial charge in [-0.15, -0.1) is 0 Å². The molecule has 0 radical (unpaired) electrons. The van der Waals surface area contributed by atoms with Crippen LogP contribution in [0.3, 0.4) is 0 Å². The van der Waals surface area contributed by atoms with Gasteiger partial charge in [0.2, 0.25) is 0 Å². The summed E-state index contributed by atoms with van der Waals surface area (Å²) in [6.07, 6.45) is 1.83. The molecular weight excluding hydrogens is 222 g/mol. The topological polar surface area (TPSA) is 46.2 Å². The lowest BCUT2D eigenvalue weighted by Crippen LogP contribution is -2.41. The van der Waals surface area contributed by atoms with Gasteiger partial charge in [0.15, 0.2) is 9.84 Å². The van der Waals surface area contributed by atoms with Gasteiger partial charge in [0, 0.05) is 6.04 Å². The Balaban J connectivity index is 2.57. The lowest BCUT2D eigenvalue weighted by molar-refractivity contribution is 0.234. The first-order valence-electron chi connectivity index (χ1n) is 6.18. The van der Waals surface area contributed by atoms with E-state index in [2.05, 4.69) is 33.0 Å². The highest BCUT2D eigenvalue weighted by atomic mass is 32.2. The molecule has 1 fully saturated rings. The maximum atomic E-state index is 11.4. The molecule has 0 amide bonds. The average Bonchev–Trinajstić information content (AvgIpc) is 2.43. The molecule has 4 heteroatoms. The zero-order valence-electron chi connectivity index (χ0n) is 10.9. The Kier molecular flexibility index (Phi) is 4.41. The van der Waals surface area contributed by atoms with Crippen LogP contribution in [-0.4, -0.2) is 32.5 Å². The van der Waals surface area contributed by atoms with E-state index in [1.807, 2.05) is 0 Å². The van der Waals surface area contributed by atoms with Crippen molar-refractivity contribution in [2.75, 3.05) is 18.1 Å². The van der Waals surface area contributed by atoms with E-state index in [0.29, 0.717) is 23.5 Å². The predicted molar refractivity (Wildman–Crippen MR) is 68.3 cm³/mol. The summed E-state index contributed by atoms with van der Waals surface area (Å²) in [5.74, 6) is 1.14. The van der Waals surface area contributed by atoms with Crippen LogP contribution in [0.15, 0.2) is 0 Å². The van der Waals surface area contributed by atoms with Crippen LogP contribution in [-0.2, 0) is 9.84 Å². The molecule has 1 heterocycles. The fraction of sp³-hybridized carbons (Fsp3) is 1.00. The lowest BCUT2D eigenvalue weighted by Gasteiger charge is -2.33. The number of rotatable bonds is 4. The minimum absolute atomic E-state index is 0.197. The van der Waals surface area contributed by atoms with Crippen molar-refractivity contribution >= 4 is 9.84 Å². The van der Waals surface area contributed by atoms with E-state index >= 15 is 0 Å². The van der Waals surface area contributed by atoms with Gasteiger partial charge in [-0.2, -0.15) is 0 Å². The molecule has 1 rings (SSSR count). The van der Waals surface area contributed by atoms with Gasteiger partial charge in [0.25, 0.3) is 0 Å². The summed E-state index contributed by atoms with van der Waals surface area (Å²) in [7, 11) is -2.73. The van der Waals surface area contributed by atoms with Crippen LogP contribution in [0.4, 0.5) is 0 Å². The second kappa shape index (κ2) is 5.05. The first-order valence-corrected chi connectivity index (χ1v) is 8.00. The first-order chi connectivity index (χ1) is 7.24. The third kappa shape index (κ3) is 4.06. The fourth-order valence-electron chi connectivity index (χ4n) is 2.38. The van der Waals surface area contributed by atoms with E-state index in [-0.39, 0.29) is 5.41 Å². The van der Waals surface area contributed by atoms with Crippen molar-refractivity contribution in [1.82, 2.24) is 5.32 Å². The molecule has 0 aliphatic carbocycles. The Bertz CT molecular complexity index is 316. The minimum Gasteiger partial charge on any atom is -0.314 e. The molecular formula is C12H25NO2S. The van der Waals surface area contributed by atoms with Crippen LogP contribution in [0.2, 0.25) is 0 Å². The van der Waals surface area contributed by atoms with E-state index < -0.39 is 9.84 Å². The van der Waals surface area contributed by atoms with Gasteiger partial charge in [-0.25, -0.2) is 8.42 Å². The van der Waals surface area contributed by atoms with E-state index in [1.54, 1.807) is 0 Å². The van der Waals surface area contributed by atoms with Crippen LogP contribution in [0.25, 0.3) is 0 Å². The molecule has 0 aromatic rings. The highest BCUT2D eigenvalue weighted by molar-refractivity contribution is 7.91. The first kappa shape index (κ1) is 14.0. The Morgan fingerprint density at radius 3 is 2.38 bits per heavy atom. The summed E-state index contributed by atoms with van der Waals surface area (Å²) in [5.41, 5.74) is 0.197. The Morgan fingerprint density at radius 1 is 1.38 bits per heavy atom. The molecule has 1 aliphatic rings. The lowest BCUT2D eigenvalue weighted by atomic mass is 9.81. The monoisotopic (exact) mass is 247 g/mol. The van der Waals surface area contributed by atoms with Gasteiger partial charge < -0.3 is 5.32 Å².